The van der Waals surface area contributed by atoms with E-state index in [9.17, 15) is 19.2 Å². The second-order valence-electron chi connectivity index (χ2n) is 12.2. The van der Waals surface area contributed by atoms with Gasteiger partial charge in [0.05, 0.1) is 34.3 Å². The van der Waals surface area contributed by atoms with Gasteiger partial charge in [-0.05, 0) is 92.3 Å². The van der Waals surface area contributed by atoms with E-state index in [0.717, 1.165) is 16.5 Å². The fraction of sp³-hybridized carbons (Fsp3) is 0.286. The maximum absolute atomic E-state index is 13.6. The number of hydrogen-bond donors (Lipinski definition) is 0. The van der Waals surface area contributed by atoms with E-state index in [-0.39, 0.29) is 56.5 Å². The van der Waals surface area contributed by atoms with Crippen molar-refractivity contribution in [3.8, 4) is 11.3 Å². The number of carbonyl (C=O) groups is 4. The number of ketones is 1. The molecule has 0 radical (unpaired) electrons. The molecule has 1 saturated heterocycles. The minimum absolute atomic E-state index is 0.132. The average molecular weight is 830 g/mol. The number of carbonyl (C=O) groups excluding carboxylic acids is 4. The van der Waals surface area contributed by atoms with Crippen LogP contribution in [0.5, 0.6) is 0 Å². The highest BCUT2D eigenvalue weighted by Gasteiger charge is 2.66. The van der Waals surface area contributed by atoms with Crippen molar-refractivity contribution in [2.45, 2.75) is 36.0 Å². The second-order valence-corrected chi connectivity index (χ2v) is 15.6. The Morgan fingerprint density at radius 3 is 2.15 bits per heavy atom. The summed E-state index contributed by atoms with van der Waals surface area (Å²) in [6.45, 7) is 3.44. The molecule has 1 aliphatic heterocycles. The number of rotatable bonds is 6. The van der Waals surface area contributed by atoms with Gasteiger partial charge in [-0.15, -0.1) is 0 Å². The molecule has 3 aromatic carbocycles. The second kappa shape index (κ2) is 12.0. The number of aryl methyl sites for hydroxylation is 1. The van der Waals surface area contributed by atoms with Crippen molar-refractivity contribution >= 4 is 99.5 Å². The lowest BCUT2D eigenvalue weighted by molar-refractivity contribution is -0.123. The number of aromatic nitrogens is 1. The Hall–Kier alpha value is -2.92. The lowest BCUT2D eigenvalue weighted by Crippen LogP contribution is -2.37. The van der Waals surface area contributed by atoms with E-state index >= 15 is 0 Å². The van der Waals surface area contributed by atoms with Gasteiger partial charge in [0.1, 0.15) is 0 Å². The number of esters is 1. The van der Waals surface area contributed by atoms with Gasteiger partial charge in [-0.25, -0.2) is 9.78 Å². The van der Waals surface area contributed by atoms with Crippen molar-refractivity contribution in [3.05, 3.63) is 92.9 Å². The van der Waals surface area contributed by atoms with Crippen LogP contribution in [-0.2, 0) is 14.3 Å². The Bertz CT molecular complexity index is 1920. The Labute approximate surface area is 295 Å². The van der Waals surface area contributed by atoms with Gasteiger partial charge >= 0.3 is 5.97 Å². The fourth-order valence-electron chi connectivity index (χ4n) is 7.28. The summed E-state index contributed by atoms with van der Waals surface area (Å²) >= 11 is 17.0. The normalized spacial score (nSPS) is 25.7. The lowest BCUT2D eigenvalue weighted by Gasteiger charge is -2.28. The van der Waals surface area contributed by atoms with Crippen LogP contribution in [-0.4, -0.2) is 44.3 Å². The molecule has 0 spiro atoms. The van der Waals surface area contributed by atoms with E-state index in [4.69, 9.17) is 21.3 Å². The highest BCUT2D eigenvalue weighted by atomic mass is 79.9. The number of halogens is 4. The smallest absolute Gasteiger partial charge is 0.339 e. The van der Waals surface area contributed by atoms with Crippen molar-refractivity contribution in [2.75, 3.05) is 4.90 Å². The van der Waals surface area contributed by atoms with Crippen molar-refractivity contribution in [3.63, 3.8) is 0 Å². The largest absolute Gasteiger partial charge is 0.451 e. The van der Waals surface area contributed by atoms with E-state index in [1.807, 2.05) is 13.0 Å². The summed E-state index contributed by atoms with van der Waals surface area (Å²) in [6.07, 6.45) is -0.175. The Morgan fingerprint density at radius 1 is 0.935 bits per heavy atom. The number of alkyl halides is 2. The number of amides is 2. The number of Topliss-reactive ketones (excluding diaryl/α,β-unsaturated/α-hetero) is 1. The maximum atomic E-state index is 13.6. The molecule has 234 valence electrons. The van der Waals surface area contributed by atoms with Gasteiger partial charge in [0.15, 0.2) is 6.10 Å². The first-order valence-electron chi connectivity index (χ1n) is 14.8. The topological polar surface area (TPSA) is 93.6 Å². The molecular formula is C35H26Br3ClN2O5. The van der Waals surface area contributed by atoms with Gasteiger partial charge in [0.2, 0.25) is 17.6 Å². The summed E-state index contributed by atoms with van der Waals surface area (Å²) in [5, 5.41) is 1.08. The van der Waals surface area contributed by atoms with Gasteiger partial charge < -0.3 is 4.74 Å². The van der Waals surface area contributed by atoms with Crippen molar-refractivity contribution < 1.29 is 23.9 Å². The molecule has 46 heavy (non-hydrogen) atoms. The van der Waals surface area contributed by atoms with Gasteiger partial charge in [0.25, 0.3) is 0 Å². The molecule has 2 amide bonds. The molecule has 11 heteroatoms. The standard InChI is InChI=1S/C35H26Br3ClN2O5/c1-15-11-19(36)12-22-23(35(45)46-16(2)32(42)18-3-7-20(39)8-4-18)14-26(40-31(15)22)17-5-9-21(10-6-17)41-33(43)27-24-13-25(28(27)34(41)44)30(38)29(24)37/h3-12,14,16,24-25,27-30H,13H2,1-2H3. The van der Waals surface area contributed by atoms with Crippen molar-refractivity contribution in [2.24, 2.45) is 23.7 Å². The van der Waals surface area contributed by atoms with Crippen molar-refractivity contribution in [1.82, 2.24) is 4.98 Å². The molecule has 1 aromatic heterocycles. The number of benzene rings is 3. The quantitative estimate of drug-likeness (QED) is 0.0841. The summed E-state index contributed by atoms with van der Waals surface area (Å²) in [5.74, 6) is -1.64. The Morgan fingerprint density at radius 2 is 1.54 bits per heavy atom. The molecule has 3 aliphatic rings. The summed E-state index contributed by atoms with van der Waals surface area (Å²) in [4.78, 5) is 60.3. The van der Waals surface area contributed by atoms with Crippen LogP contribution < -0.4 is 4.90 Å². The van der Waals surface area contributed by atoms with Gasteiger partial charge in [-0.1, -0.05) is 71.5 Å². The van der Waals surface area contributed by atoms with Crippen LogP contribution in [0.2, 0.25) is 5.02 Å². The molecule has 3 fully saturated rings. The maximum Gasteiger partial charge on any atom is 0.339 e. The number of pyridine rings is 1. The van der Waals surface area contributed by atoms with Gasteiger partial charge in [-0.2, -0.15) is 0 Å². The molecule has 7 nitrogen and oxygen atoms in total. The van der Waals surface area contributed by atoms with E-state index in [2.05, 4.69) is 47.8 Å². The minimum atomic E-state index is -1.04. The highest BCUT2D eigenvalue weighted by molar-refractivity contribution is 9.12. The summed E-state index contributed by atoms with van der Waals surface area (Å²) in [7, 11) is 0. The van der Waals surface area contributed by atoms with E-state index in [0.29, 0.717) is 38.4 Å². The number of hydrogen-bond acceptors (Lipinski definition) is 6. The first-order valence-corrected chi connectivity index (χ1v) is 17.8. The number of imide groups is 1. The third-order valence-electron chi connectivity index (χ3n) is 9.48. The third-order valence-corrected chi connectivity index (χ3v) is 13.4. The first kappa shape index (κ1) is 31.7. The zero-order chi connectivity index (χ0) is 32.6. The predicted octanol–water partition coefficient (Wildman–Crippen LogP) is 8.34. The van der Waals surface area contributed by atoms with E-state index in [1.54, 1.807) is 60.7 Å². The number of fused-ring (bicyclic) bond motifs is 6. The number of anilines is 1. The van der Waals surface area contributed by atoms with Gasteiger partial charge in [-0.3, -0.25) is 19.3 Å². The molecule has 2 bridgehead atoms. The third kappa shape index (κ3) is 5.16. The van der Waals surface area contributed by atoms with Crippen LogP contribution >= 0.6 is 59.4 Å². The van der Waals surface area contributed by atoms with Crippen LogP contribution in [0.15, 0.2) is 71.2 Å². The SMILES string of the molecule is Cc1cc(Br)cc2c(C(=O)OC(C)C(=O)c3ccc(Cl)cc3)cc(-c3ccc(N4C(=O)C5C6CC(C(Br)C6Br)C5C4=O)cc3)nc12. The summed E-state index contributed by atoms with van der Waals surface area (Å²) in [5.41, 5.74) is 3.79. The zero-order valence-electron chi connectivity index (χ0n) is 24.5. The van der Waals surface area contributed by atoms with Crippen LogP contribution in [0.3, 0.4) is 0 Å². The average Bonchev–Trinajstić information content (AvgIpc) is 3.65. The molecule has 2 heterocycles. The van der Waals surface area contributed by atoms with E-state index < -0.39 is 12.1 Å². The molecule has 0 N–H and O–H groups in total. The van der Waals surface area contributed by atoms with Gasteiger partial charge in [0, 0.05) is 35.7 Å². The molecule has 7 atom stereocenters. The number of ether oxygens (including phenoxy) is 1. The van der Waals surface area contributed by atoms with E-state index in [1.165, 1.54) is 11.8 Å². The Kier molecular flexibility index (Phi) is 8.23. The van der Waals surface area contributed by atoms with Crippen LogP contribution in [0.4, 0.5) is 5.69 Å². The molecule has 2 aliphatic carbocycles. The predicted molar refractivity (Wildman–Crippen MR) is 187 cm³/mol. The number of nitrogens with zero attached hydrogens (tertiary/aromatic N) is 2. The zero-order valence-corrected chi connectivity index (χ0v) is 30.1. The summed E-state index contributed by atoms with van der Waals surface area (Å²) < 4.78 is 6.46. The molecule has 7 unspecified atom stereocenters. The van der Waals surface area contributed by atoms with Crippen molar-refractivity contribution in [1.29, 1.82) is 0 Å². The monoisotopic (exact) mass is 826 g/mol. The summed E-state index contributed by atoms with van der Waals surface area (Å²) in [6, 6.07) is 18.8. The fourth-order valence-corrected chi connectivity index (χ4v) is 9.86. The lowest BCUT2D eigenvalue weighted by atomic mass is 9.81. The minimum Gasteiger partial charge on any atom is -0.451 e. The highest BCUT2D eigenvalue weighted by Crippen LogP contribution is 2.60. The van der Waals surface area contributed by atoms with Crippen LogP contribution in [0, 0.1) is 30.6 Å². The molecular weight excluding hydrogens is 804 g/mol. The first-order chi connectivity index (χ1) is 21.9. The molecule has 4 aromatic rings. The van der Waals surface area contributed by atoms with Crippen LogP contribution in [0.25, 0.3) is 22.2 Å². The molecule has 7 rings (SSSR count). The Balaban J connectivity index is 1.19. The molecule has 2 saturated carbocycles. The van der Waals surface area contributed by atoms with Crippen LogP contribution in [0.1, 0.15) is 39.6 Å².